The van der Waals surface area contributed by atoms with Crippen LogP contribution < -0.4 is 20.2 Å². The second kappa shape index (κ2) is 13.0. The molecule has 30 heavy (non-hydrogen) atoms. The summed E-state index contributed by atoms with van der Waals surface area (Å²) in [6.07, 6.45) is 3.69. The molecule has 0 fully saturated rings. The summed E-state index contributed by atoms with van der Waals surface area (Å²) in [5.41, 5.74) is 3.91. The van der Waals surface area contributed by atoms with Crippen molar-refractivity contribution in [3.05, 3.63) is 54.1 Å². The highest BCUT2D eigenvalue weighted by molar-refractivity contribution is 5.93. The lowest BCUT2D eigenvalue weighted by atomic mass is 10.2. The Bertz CT molecular complexity index is 838. The molecule has 0 atom stereocenters. The number of nitrogens with zero attached hydrogens (tertiary/aromatic N) is 1. The summed E-state index contributed by atoms with van der Waals surface area (Å²) in [6, 6.07) is 14.6. The fourth-order valence-corrected chi connectivity index (χ4v) is 2.53. The molecule has 0 aliphatic carbocycles. The first-order valence-electron chi connectivity index (χ1n) is 10.2. The average Bonchev–Trinajstić information content (AvgIpc) is 2.75. The fraction of sp³-hybridized carbons (Fsp3) is 0.348. The number of hydrogen-bond acceptors (Lipinski definition) is 5. The highest BCUT2D eigenvalue weighted by Crippen LogP contribution is 2.28. The number of rotatable bonds is 12. The molecule has 0 radical (unpaired) electrons. The summed E-state index contributed by atoms with van der Waals surface area (Å²) in [5, 5.41) is 6.69. The van der Waals surface area contributed by atoms with E-state index in [1.165, 1.54) is 6.21 Å². The smallest absolute Gasteiger partial charge is 0.240 e. The number of hydrogen-bond donors (Lipinski definition) is 2. The molecule has 0 heterocycles. The van der Waals surface area contributed by atoms with Crippen LogP contribution in [0.5, 0.6) is 11.5 Å². The van der Waals surface area contributed by atoms with Crippen LogP contribution in [0.2, 0.25) is 0 Å². The predicted molar refractivity (Wildman–Crippen MR) is 118 cm³/mol. The van der Waals surface area contributed by atoms with E-state index in [1.807, 2.05) is 43.3 Å². The normalized spacial score (nSPS) is 10.6. The first-order valence-corrected chi connectivity index (χ1v) is 10.2. The van der Waals surface area contributed by atoms with E-state index >= 15 is 0 Å². The molecule has 7 nitrogen and oxygen atoms in total. The second-order valence-corrected chi connectivity index (χ2v) is 6.55. The lowest BCUT2D eigenvalue weighted by Gasteiger charge is -2.12. The van der Waals surface area contributed by atoms with Crippen LogP contribution in [0.1, 0.15) is 45.1 Å². The molecule has 7 heteroatoms. The van der Waals surface area contributed by atoms with Crippen molar-refractivity contribution in [1.82, 2.24) is 5.43 Å². The van der Waals surface area contributed by atoms with E-state index in [2.05, 4.69) is 22.8 Å². The van der Waals surface area contributed by atoms with Gasteiger partial charge in [0, 0.05) is 18.5 Å². The first kappa shape index (κ1) is 22.9. The zero-order valence-corrected chi connectivity index (χ0v) is 17.5. The van der Waals surface area contributed by atoms with Crippen LogP contribution in [-0.2, 0) is 9.59 Å². The SMILES string of the molecule is CCCCOc1ccc(C=NNC(=O)CCC(=O)Nc2ccccc2)cc1OCC. The Hall–Kier alpha value is -3.35. The van der Waals surface area contributed by atoms with Gasteiger partial charge in [-0.2, -0.15) is 5.10 Å². The van der Waals surface area contributed by atoms with E-state index in [4.69, 9.17) is 9.47 Å². The van der Waals surface area contributed by atoms with Crippen molar-refractivity contribution in [3.8, 4) is 11.5 Å². The monoisotopic (exact) mass is 411 g/mol. The number of hydrazone groups is 1. The third-order valence-corrected chi connectivity index (χ3v) is 4.06. The van der Waals surface area contributed by atoms with Crippen LogP contribution in [0.3, 0.4) is 0 Å². The molecule has 0 unspecified atom stereocenters. The highest BCUT2D eigenvalue weighted by atomic mass is 16.5. The summed E-state index contributed by atoms with van der Waals surface area (Å²) in [4.78, 5) is 23.8. The minimum absolute atomic E-state index is 0.0460. The van der Waals surface area contributed by atoms with Gasteiger partial charge in [-0.15, -0.1) is 0 Å². The van der Waals surface area contributed by atoms with Gasteiger partial charge >= 0.3 is 0 Å². The minimum Gasteiger partial charge on any atom is -0.490 e. The molecule has 2 amide bonds. The highest BCUT2D eigenvalue weighted by Gasteiger charge is 2.08. The number of para-hydroxylation sites is 1. The summed E-state index contributed by atoms with van der Waals surface area (Å²) < 4.78 is 11.4. The van der Waals surface area contributed by atoms with Crippen molar-refractivity contribution in [3.63, 3.8) is 0 Å². The maximum atomic E-state index is 11.9. The molecular weight excluding hydrogens is 382 g/mol. The van der Waals surface area contributed by atoms with E-state index in [9.17, 15) is 9.59 Å². The van der Waals surface area contributed by atoms with Crippen LogP contribution in [0.4, 0.5) is 5.69 Å². The van der Waals surface area contributed by atoms with Crippen molar-refractivity contribution < 1.29 is 19.1 Å². The molecule has 2 aromatic rings. The number of benzene rings is 2. The number of unbranched alkanes of at least 4 members (excludes halogenated alkanes) is 1. The third kappa shape index (κ3) is 8.34. The van der Waals surface area contributed by atoms with Gasteiger partial charge in [-0.3, -0.25) is 9.59 Å². The zero-order valence-electron chi connectivity index (χ0n) is 17.5. The van der Waals surface area contributed by atoms with Gasteiger partial charge in [0.05, 0.1) is 19.4 Å². The Kier molecular flexibility index (Phi) is 9.92. The summed E-state index contributed by atoms with van der Waals surface area (Å²) in [5.74, 6) is 0.775. The lowest BCUT2D eigenvalue weighted by Crippen LogP contribution is -2.20. The molecule has 2 aromatic carbocycles. The quantitative estimate of drug-likeness (QED) is 0.312. The van der Waals surface area contributed by atoms with Crippen molar-refractivity contribution in [2.24, 2.45) is 5.10 Å². The second-order valence-electron chi connectivity index (χ2n) is 6.55. The number of carbonyl (C=O) groups excluding carboxylic acids is 2. The van der Waals surface area contributed by atoms with Gasteiger partial charge in [-0.1, -0.05) is 31.5 Å². The van der Waals surface area contributed by atoms with E-state index in [1.54, 1.807) is 12.1 Å². The van der Waals surface area contributed by atoms with Gasteiger partial charge in [0.25, 0.3) is 0 Å². The summed E-state index contributed by atoms with van der Waals surface area (Å²) >= 11 is 0. The van der Waals surface area contributed by atoms with Crippen LogP contribution >= 0.6 is 0 Å². The maximum Gasteiger partial charge on any atom is 0.240 e. The molecule has 0 bridgehead atoms. The molecule has 2 N–H and O–H groups in total. The largest absolute Gasteiger partial charge is 0.490 e. The Morgan fingerprint density at radius 2 is 1.73 bits per heavy atom. The number of anilines is 1. The molecule has 2 rings (SSSR count). The molecule has 0 saturated heterocycles. The van der Waals surface area contributed by atoms with Crippen molar-refractivity contribution in [1.29, 1.82) is 0 Å². The number of ether oxygens (including phenoxy) is 2. The molecule has 160 valence electrons. The van der Waals surface area contributed by atoms with E-state index in [0.717, 1.165) is 18.4 Å². The molecule has 0 spiro atoms. The van der Waals surface area contributed by atoms with Gasteiger partial charge < -0.3 is 14.8 Å². The number of carbonyl (C=O) groups is 2. The van der Waals surface area contributed by atoms with Crippen LogP contribution in [0, 0.1) is 0 Å². The first-order chi connectivity index (χ1) is 14.6. The van der Waals surface area contributed by atoms with Crippen molar-refractivity contribution in [2.75, 3.05) is 18.5 Å². The van der Waals surface area contributed by atoms with Gasteiger partial charge in [0.15, 0.2) is 11.5 Å². The van der Waals surface area contributed by atoms with Crippen LogP contribution in [-0.4, -0.2) is 31.2 Å². The molecule has 0 aliphatic heterocycles. The minimum atomic E-state index is -0.334. The number of amides is 2. The van der Waals surface area contributed by atoms with Gasteiger partial charge in [0.2, 0.25) is 11.8 Å². The topological polar surface area (TPSA) is 89.0 Å². The van der Waals surface area contributed by atoms with E-state index < -0.39 is 0 Å². The van der Waals surface area contributed by atoms with Gasteiger partial charge in [-0.25, -0.2) is 5.43 Å². The standard InChI is InChI=1S/C23H29N3O4/c1-3-5-15-30-20-12-11-18(16-21(20)29-4-2)17-24-26-23(28)14-13-22(27)25-19-9-7-6-8-10-19/h6-12,16-17H,3-5,13-15H2,1-2H3,(H,25,27)(H,26,28). The van der Waals surface area contributed by atoms with E-state index in [-0.39, 0.29) is 24.7 Å². The van der Waals surface area contributed by atoms with Gasteiger partial charge in [0.1, 0.15) is 0 Å². The van der Waals surface area contributed by atoms with Crippen molar-refractivity contribution in [2.45, 2.75) is 39.5 Å². The lowest BCUT2D eigenvalue weighted by molar-refractivity contribution is -0.124. The van der Waals surface area contributed by atoms with Gasteiger partial charge in [-0.05, 0) is 49.2 Å². The predicted octanol–water partition coefficient (Wildman–Crippen LogP) is 4.13. The molecule has 0 aromatic heterocycles. The Labute approximate surface area is 177 Å². The summed E-state index contributed by atoms with van der Waals surface area (Å²) in [6.45, 7) is 5.17. The Balaban J connectivity index is 1.81. The van der Waals surface area contributed by atoms with E-state index in [0.29, 0.717) is 30.4 Å². The molecule has 0 saturated carbocycles. The maximum absolute atomic E-state index is 11.9. The Morgan fingerprint density at radius 3 is 2.47 bits per heavy atom. The zero-order chi connectivity index (χ0) is 21.6. The molecular formula is C23H29N3O4. The van der Waals surface area contributed by atoms with Crippen LogP contribution in [0.15, 0.2) is 53.6 Å². The molecule has 0 aliphatic rings. The summed E-state index contributed by atoms with van der Waals surface area (Å²) in [7, 11) is 0. The average molecular weight is 412 g/mol. The fourth-order valence-electron chi connectivity index (χ4n) is 2.53. The Morgan fingerprint density at radius 1 is 0.967 bits per heavy atom. The van der Waals surface area contributed by atoms with Crippen LogP contribution in [0.25, 0.3) is 0 Å². The number of nitrogens with one attached hydrogen (secondary N) is 2. The third-order valence-electron chi connectivity index (χ3n) is 4.06. The van der Waals surface area contributed by atoms with Crippen molar-refractivity contribution >= 4 is 23.7 Å².